The summed E-state index contributed by atoms with van der Waals surface area (Å²) in [5.41, 5.74) is 5.06. The summed E-state index contributed by atoms with van der Waals surface area (Å²) in [4.78, 5) is 70.9. The van der Waals surface area contributed by atoms with Crippen molar-refractivity contribution in [3.8, 4) is 0 Å². The zero-order chi connectivity index (χ0) is 51.6. The molecule has 1 spiro atoms. The maximum atomic E-state index is 14.6. The maximum Gasteiger partial charge on any atom is 0.408 e. The largest absolute Gasteiger partial charge is 0.445 e. The number of alkyl carbamates (subject to hydrolysis) is 1. The number of aromatic nitrogens is 2. The van der Waals surface area contributed by atoms with Gasteiger partial charge in [-0.1, -0.05) is 102 Å². The Balaban J connectivity index is 1.21. The molecule has 6 rings (SSSR count). The number of rotatable bonds is 17. The summed E-state index contributed by atoms with van der Waals surface area (Å²) in [7, 11) is -9.65. The first-order valence-corrected chi connectivity index (χ1v) is 31.2. The standard InChI is InChI=1S/C49H72N6O12SSi2/c1-33-29-55(44-40(66-70(10,11)48(5,6)7)49(38(50)32-68(61,62)67-49)39(65-44)31-64-69(8,9)47(2,3)4)46(60)54(42(33)57)27-19-25-51-41(56)37-24-18-26-53(37)43(58)36(28-34-20-14-12-15-21-34)52-45(59)63-30-35-22-16-13-17-23-35/h12-17,20-23,29,32,36-37,39-40,44H,18-19,24-28,30-31,50H2,1-11H3,(H,51,56)(H,52,59)/t36-,37-,39+,40-,44+,49+/m0/s1. The third-order valence-corrected chi connectivity index (χ3v) is 24.5. The second kappa shape index (κ2) is 21.1. The van der Waals surface area contributed by atoms with Crippen molar-refractivity contribution in [2.75, 3.05) is 19.7 Å². The van der Waals surface area contributed by atoms with Crippen LogP contribution in [0.15, 0.2) is 87.6 Å². The second-order valence-electron chi connectivity index (χ2n) is 21.6. The van der Waals surface area contributed by atoms with E-state index in [1.54, 1.807) is 6.92 Å². The van der Waals surface area contributed by atoms with E-state index >= 15 is 0 Å². The predicted molar refractivity (Wildman–Crippen MR) is 270 cm³/mol. The van der Waals surface area contributed by atoms with Crippen molar-refractivity contribution < 1.29 is 45.3 Å². The highest BCUT2D eigenvalue weighted by Gasteiger charge is 2.67. The van der Waals surface area contributed by atoms with Crippen LogP contribution in [0.3, 0.4) is 0 Å². The number of hydrogen-bond donors (Lipinski definition) is 3. The van der Waals surface area contributed by atoms with Gasteiger partial charge in [-0.2, -0.15) is 8.42 Å². The first kappa shape index (κ1) is 54.4. The molecule has 3 aromatic rings. The number of likely N-dealkylation sites (tertiary alicyclic amines) is 1. The monoisotopic (exact) mass is 1020 g/mol. The highest BCUT2D eigenvalue weighted by atomic mass is 32.2. The number of amides is 3. The zero-order valence-electron chi connectivity index (χ0n) is 42.4. The van der Waals surface area contributed by atoms with Gasteiger partial charge in [0.1, 0.15) is 30.9 Å². The van der Waals surface area contributed by atoms with Gasteiger partial charge in [0.2, 0.25) is 11.8 Å². The van der Waals surface area contributed by atoms with Gasteiger partial charge in [0, 0.05) is 37.8 Å². The lowest BCUT2D eigenvalue weighted by Gasteiger charge is -2.43. The summed E-state index contributed by atoms with van der Waals surface area (Å²) in [6.07, 6.45) is -1.88. The molecule has 2 aromatic carbocycles. The van der Waals surface area contributed by atoms with Crippen LogP contribution in [-0.2, 0) is 61.8 Å². The molecule has 2 saturated heterocycles. The van der Waals surface area contributed by atoms with Crippen molar-refractivity contribution in [3.05, 3.63) is 115 Å². The lowest BCUT2D eigenvalue weighted by molar-refractivity contribution is -0.139. The van der Waals surface area contributed by atoms with E-state index in [0.717, 1.165) is 21.1 Å². The van der Waals surface area contributed by atoms with E-state index in [1.165, 1.54) is 15.7 Å². The first-order chi connectivity index (χ1) is 32.6. The van der Waals surface area contributed by atoms with E-state index in [9.17, 15) is 32.4 Å². The van der Waals surface area contributed by atoms with Crippen LogP contribution in [0, 0.1) is 6.92 Å². The minimum absolute atomic E-state index is 0.0129. The molecule has 0 aliphatic carbocycles. The molecule has 0 bridgehead atoms. The third kappa shape index (κ3) is 11.9. The molecule has 1 aromatic heterocycles. The van der Waals surface area contributed by atoms with Gasteiger partial charge in [-0.05, 0) is 73.6 Å². The first-order valence-electron chi connectivity index (χ1n) is 23.9. The van der Waals surface area contributed by atoms with Crippen LogP contribution in [0.5, 0.6) is 0 Å². The lowest BCUT2D eigenvalue weighted by atomic mass is 9.89. The molecule has 21 heteroatoms. The van der Waals surface area contributed by atoms with Gasteiger partial charge in [0.25, 0.3) is 15.7 Å². The van der Waals surface area contributed by atoms with Crippen LogP contribution in [0.25, 0.3) is 0 Å². The predicted octanol–water partition coefficient (Wildman–Crippen LogP) is 5.56. The van der Waals surface area contributed by atoms with Crippen molar-refractivity contribution in [3.63, 3.8) is 0 Å². The van der Waals surface area contributed by atoms with E-state index in [0.29, 0.717) is 19.4 Å². The quantitative estimate of drug-likeness (QED) is 0.0856. The van der Waals surface area contributed by atoms with Crippen LogP contribution in [0.4, 0.5) is 4.79 Å². The number of nitrogens with one attached hydrogen (secondary N) is 2. The minimum Gasteiger partial charge on any atom is -0.445 e. The van der Waals surface area contributed by atoms with Gasteiger partial charge in [-0.3, -0.25) is 23.5 Å². The molecule has 18 nitrogen and oxygen atoms in total. The SMILES string of the molecule is Cc1cn([C@@H]2O[C@H](CO[Si](C)(C)C(C)(C)C)[C@@]3(OS(=O)(=O)C=C3N)[C@H]2O[Si](C)(C)C(C)(C)C)c(=O)n(CCCNC(=O)[C@@H]2CCCN2C(=O)[C@H](Cc2ccccc2)NC(=O)OCc2ccccc2)c1=O. The highest BCUT2D eigenvalue weighted by molar-refractivity contribution is 7.90. The molecule has 3 aliphatic heterocycles. The summed E-state index contributed by atoms with van der Waals surface area (Å²) >= 11 is 0. The fourth-order valence-corrected chi connectivity index (χ4v) is 11.9. The number of aryl methyl sites for hydroxylation is 1. The topological polar surface area (TPSA) is 229 Å². The normalized spacial score (nSPS) is 23.0. The number of carbonyl (C=O) groups is 3. The van der Waals surface area contributed by atoms with Crippen LogP contribution >= 0.6 is 0 Å². The van der Waals surface area contributed by atoms with Crippen molar-refractivity contribution in [2.45, 2.75) is 160 Å². The fraction of sp³-hybridized carbons (Fsp3) is 0.571. The molecule has 0 radical (unpaired) electrons. The number of benzene rings is 2. The zero-order valence-corrected chi connectivity index (χ0v) is 45.2. The molecule has 2 fully saturated rings. The molecule has 3 aliphatic rings. The average molecular weight is 1030 g/mol. The minimum atomic E-state index is -4.33. The Morgan fingerprint density at radius 1 is 0.929 bits per heavy atom. The van der Waals surface area contributed by atoms with Crippen LogP contribution < -0.4 is 27.6 Å². The Bertz CT molecular complexity index is 2650. The molecule has 0 unspecified atom stereocenters. The molecule has 4 N–H and O–H groups in total. The smallest absolute Gasteiger partial charge is 0.408 e. The van der Waals surface area contributed by atoms with E-state index in [2.05, 4.69) is 31.4 Å². The average Bonchev–Trinajstić information content (AvgIpc) is 3.95. The van der Waals surface area contributed by atoms with Crippen molar-refractivity contribution in [1.29, 1.82) is 0 Å². The summed E-state index contributed by atoms with van der Waals surface area (Å²) in [6.45, 7) is 22.0. The highest BCUT2D eigenvalue weighted by Crippen LogP contribution is 2.52. The maximum absolute atomic E-state index is 14.6. The molecule has 3 amide bonds. The summed E-state index contributed by atoms with van der Waals surface area (Å²) < 4.78 is 60.7. The van der Waals surface area contributed by atoms with Gasteiger partial charge in [0.15, 0.2) is 28.5 Å². The van der Waals surface area contributed by atoms with E-state index < -0.39 is 97.1 Å². The number of ether oxygens (including phenoxy) is 2. The van der Waals surface area contributed by atoms with Crippen LogP contribution in [-0.4, -0.2) is 107 Å². The third-order valence-electron chi connectivity index (χ3n) is 14.5. The summed E-state index contributed by atoms with van der Waals surface area (Å²) in [5, 5.41) is 5.86. The molecule has 0 saturated carbocycles. The van der Waals surface area contributed by atoms with Gasteiger partial charge in [0.05, 0.1) is 17.7 Å². The summed E-state index contributed by atoms with van der Waals surface area (Å²) in [6, 6.07) is 16.6. The second-order valence-corrected chi connectivity index (χ2v) is 32.5. The molecule has 384 valence electrons. The molecular weight excluding hydrogens is 953 g/mol. The molecular formula is C49H72N6O12SSi2. The van der Waals surface area contributed by atoms with E-state index in [4.69, 9.17) is 28.2 Å². The Labute approximate surface area is 413 Å². The number of carbonyl (C=O) groups excluding carboxylic acids is 3. The Hall–Kier alpha value is -4.91. The van der Waals surface area contributed by atoms with E-state index in [-0.39, 0.29) is 55.4 Å². The Morgan fingerprint density at radius 3 is 2.13 bits per heavy atom. The van der Waals surface area contributed by atoms with Gasteiger partial charge in [-0.25, -0.2) is 13.8 Å². The number of hydrogen-bond acceptors (Lipinski definition) is 13. The molecule has 6 atom stereocenters. The van der Waals surface area contributed by atoms with Crippen molar-refractivity contribution in [2.24, 2.45) is 5.73 Å². The molecule has 4 heterocycles. The number of nitrogens with two attached hydrogens (primary N) is 1. The van der Waals surface area contributed by atoms with Gasteiger partial charge >= 0.3 is 11.8 Å². The Kier molecular flexibility index (Phi) is 16.4. The Morgan fingerprint density at radius 2 is 1.54 bits per heavy atom. The van der Waals surface area contributed by atoms with Crippen molar-refractivity contribution in [1.82, 2.24) is 24.7 Å². The van der Waals surface area contributed by atoms with Crippen LogP contribution in [0.1, 0.15) is 83.7 Å². The number of nitrogens with zero attached hydrogens (tertiary/aromatic N) is 3. The van der Waals surface area contributed by atoms with Crippen LogP contribution in [0.2, 0.25) is 36.3 Å². The fourth-order valence-electron chi connectivity index (χ4n) is 8.38. The van der Waals surface area contributed by atoms with Gasteiger partial charge in [-0.15, -0.1) is 0 Å². The van der Waals surface area contributed by atoms with Crippen molar-refractivity contribution >= 4 is 44.7 Å². The lowest BCUT2D eigenvalue weighted by Crippen LogP contribution is -2.59. The van der Waals surface area contributed by atoms with E-state index in [1.807, 2.05) is 108 Å². The molecule has 70 heavy (non-hydrogen) atoms. The summed E-state index contributed by atoms with van der Waals surface area (Å²) in [5.74, 6) is -0.841. The van der Waals surface area contributed by atoms with Gasteiger partial charge < -0.3 is 39.6 Å².